The maximum atomic E-state index is 11.4. The average Bonchev–Trinajstić information content (AvgIpc) is 2.82. The topological polar surface area (TPSA) is 104 Å². The van der Waals surface area contributed by atoms with E-state index in [0.29, 0.717) is 22.2 Å². The first-order valence-electron chi connectivity index (χ1n) is 10.3. The number of ether oxygens (including phenoxy) is 1. The maximum Gasteiger partial charge on any atom is 0.271 e. The van der Waals surface area contributed by atoms with Crippen LogP contribution in [0.25, 0.3) is 10.9 Å². The molecule has 2 aromatic carbocycles. The highest BCUT2D eigenvalue weighted by atomic mass is 35.5. The van der Waals surface area contributed by atoms with E-state index in [1.807, 2.05) is 30.3 Å². The van der Waals surface area contributed by atoms with E-state index >= 15 is 0 Å². The predicted octanol–water partition coefficient (Wildman–Crippen LogP) is 4.54. The number of nitrogens with zero attached hydrogens (tertiary/aromatic N) is 4. The van der Waals surface area contributed by atoms with Crippen LogP contribution < -0.4 is 5.32 Å². The number of nitrogens with one attached hydrogen (secondary N) is 1. The standard InChI is InChI=1S/C23H22ClN5O3/c24-20-13-18(29(30)31)12-19-22(17(14-25)15-26-23(19)20)27-21(16-4-2-1-3-5-16)6-7-28-8-10-32-11-9-28/h1-5,12-13,15,21H,6-11H2,(H,26,27)/t21-/m1/s1. The maximum absolute atomic E-state index is 11.4. The Kier molecular flexibility index (Phi) is 6.81. The van der Waals surface area contributed by atoms with Crippen LogP contribution in [0.15, 0.2) is 48.7 Å². The molecule has 3 aromatic rings. The number of anilines is 1. The van der Waals surface area contributed by atoms with Gasteiger partial charge in [0.2, 0.25) is 0 Å². The highest BCUT2D eigenvalue weighted by molar-refractivity contribution is 6.35. The van der Waals surface area contributed by atoms with Gasteiger partial charge < -0.3 is 10.1 Å². The number of non-ortho nitro benzene ring substituents is 1. The summed E-state index contributed by atoms with van der Waals surface area (Å²) < 4.78 is 5.44. The number of hydrogen-bond acceptors (Lipinski definition) is 7. The molecule has 32 heavy (non-hydrogen) atoms. The van der Waals surface area contributed by atoms with Crippen molar-refractivity contribution in [3.05, 3.63) is 74.9 Å². The summed E-state index contributed by atoms with van der Waals surface area (Å²) in [5.74, 6) is 0. The lowest BCUT2D eigenvalue weighted by molar-refractivity contribution is -0.384. The van der Waals surface area contributed by atoms with E-state index in [-0.39, 0.29) is 16.8 Å². The van der Waals surface area contributed by atoms with Crippen LogP contribution in [0, 0.1) is 21.4 Å². The largest absolute Gasteiger partial charge is 0.379 e. The van der Waals surface area contributed by atoms with Gasteiger partial charge in [0.25, 0.3) is 5.69 Å². The quantitative estimate of drug-likeness (QED) is 0.415. The van der Waals surface area contributed by atoms with Crippen molar-refractivity contribution in [1.82, 2.24) is 9.88 Å². The van der Waals surface area contributed by atoms with Crippen LogP contribution in [0.5, 0.6) is 0 Å². The zero-order valence-electron chi connectivity index (χ0n) is 17.3. The van der Waals surface area contributed by atoms with Crippen molar-refractivity contribution in [2.75, 3.05) is 38.2 Å². The van der Waals surface area contributed by atoms with Crippen LogP contribution in [0.1, 0.15) is 23.6 Å². The number of hydrogen-bond donors (Lipinski definition) is 1. The molecule has 9 heteroatoms. The van der Waals surface area contributed by atoms with E-state index in [0.717, 1.165) is 44.8 Å². The van der Waals surface area contributed by atoms with Crippen molar-refractivity contribution < 1.29 is 9.66 Å². The number of aromatic nitrogens is 1. The number of nitriles is 1. The SMILES string of the molecule is N#Cc1cnc2c(Cl)cc([N+](=O)[O-])cc2c1N[C@H](CCN1CCOCC1)c1ccccc1. The van der Waals surface area contributed by atoms with Gasteiger partial charge in [-0.25, -0.2) is 0 Å². The van der Waals surface area contributed by atoms with Gasteiger partial charge in [-0.3, -0.25) is 20.0 Å². The Morgan fingerprint density at radius 2 is 2.03 bits per heavy atom. The van der Waals surface area contributed by atoms with Crippen LogP contribution in [-0.2, 0) is 4.74 Å². The normalized spacial score (nSPS) is 15.2. The molecule has 1 aromatic heterocycles. The zero-order chi connectivity index (χ0) is 22.5. The molecule has 0 unspecified atom stereocenters. The van der Waals surface area contributed by atoms with Gasteiger partial charge in [-0.2, -0.15) is 5.26 Å². The van der Waals surface area contributed by atoms with Gasteiger partial charge in [0.05, 0.1) is 46.0 Å². The van der Waals surface area contributed by atoms with Gasteiger partial charge in [0.1, 0.15) is 6.07 Å². The first-order chi connectivity index (χ1) is 15.6. The summed E-state index contributed by atoms with van der Waals surface area (Å²) >= 11 is 6.29. The third-order valence-corrected chi connectivity index (χ3v) is 5.89. The Morgan fingerprint density at radius 3 is 2.72 bits per heavy atom. The van der Waals surface area contributed by atoms with Crippen LogP contribution in [0.4, 0.5) is 11.4 Å². The minimum Gasteiger partial charge on any atom is -0.379 e. The Labute approximate surface area is 190 Å². The molecule has 1 N–H and O–H groups in total. The van der Waals surface area contributed by atoms with Crippen LogP contribution in [-0.4, -0.2) is 47.7 Å². The summed E-state index contributed by atoms with van der Waals surface area (Å²) in [6, 6.07) is 14.7. The van der Waals surface area contributed by atoms with E-state index in [4.69, 9.17) is 16.3 Å². The molecule has 0 saturated carbocycles. The van der Waals surface area contributed by atoms with Crippen molar-refractivity contribution in [2.24, 2.45) is 0 Å². The minimum absolute atomic E-state index is 0.116. The van der Waals surface area contributed by atoms with Crippen molar-refractivity contribution in [1.29, 1.82) is 5.26 Å². The molecule has 1 atom stereocenters. The molecule has 4 rings (SSSR count). The Balaban J connectivity index is 1.74. The highest BCUT2D eigenvalue weighted by Gasteiger charge is 2.21. The monoisotopic (exact) mass is 451 g/mol. The Bertz CT molecular complexity index is 1160. The van der Waals surface area contributed by atoms with Gasteiger partial charge >= 0.3 is 0 Å². The average molecular weight is 452 g/mol. The van der Waals surface area contributed by atoms with Crippen LogP contribution in [0.3, 0.4) is 0 Å². The second kappa shape index (κ2) is 9.92. The van der Waals surface area contributed by atoms with Gasteiger partial charge in [0.15, 0.2) is 0 Å². The minimum atomic E-state index is -0.499. The van der Waals surface area contributed by atoms with Crippen molar-refractivity contribution in [3.8, 4) is 6.07 Å². The van der Waals surface area contributed by atoms with E-state index in [2.05, 4.69) is 21.3 Å². The molecular formula is C23H22ClN5O3. The number of nitro groups is 1. The summed E-state index contributed by atoms with van der Waals surface area (Å²) in [4.78, 5) is 17.5. The zero-order valence-corrected chi connectivity index (χ0v) is 18.1. The van der Waals surface area contributed by atoms with Crippen molar-refractivity contribution in [3.63, 3.8) is 0 Å². The number of morpholine rings is 1. The number of rotatable bonds is 7. The smallest absolute Gasteiger partial charge is 0.271 e. The number of halogens is 1. The molecule has 164 valence electrons. The van der Waals surface area contributed by atoms with Crippen molar-refractivity contribution >= 4 is 33.9 Å². The van der Waals surface area contributed by atoms with Crippen LogP contribution in [0.2, 0.25) is 5.02 Å². The van der Waals surface area contributed by atoms with Crippen LogP contribution >= 0.6 is 11.6 Å². The van der Waals surface area contributed by atoms with Gasteiger partial charge in [-0.05, 0) is 12.0 Å². The number of nitro benzene ring substituents is 1. The third-order valence-electron chi connectivity index (χ3n) is 5.60. The van der Waals surface area contributed by atoms with E-state index in [9.17, 15) is 15.4 Å². The molecule has 2 heterocycles. The summed E-state index contributed by atoms with van der Waals surface area (Å²) in [6.07, 6.45) is 2.23. The second-order valence-electron chi connectivity index (χ2n) is 7.59. The summed E-state index contributed by atoms with van der Waals surface area (Å²) in [5.41, 5.74) is 2.14. The fourth-order valence-corrected chi connectivity index (χ4v) is 4.17. The van der Waals surface area contributed by atoms with Gasteiger partial charge in [0, 0.05) is 43.4 Å². The lowest BCUT2D eigenvalue weighted by Gasteiger charge is -2.29. The number of pyridine rings is 1. The molecule has 8 nitrogen and oxygen atoms in total. The molecule has 1 fully saturated rings. The van der Waals surface area contributed by atoms with E-state index in [1.54, 1.807) is 0 Å². The van der Waals surface area contributed by atoms with E-state index in [1.165, 1.54) is 18.3 Å². The fourth-order valence-electron chi connectivity index (χ4n) is 3.91. The molecule has 0 aliphatic carbocycles. The summed E-state index contributed by atoms with van der Waals surface area (Å²) in [5, 5.41) is 25.2. The van der Waals surface area contributed by atoms with E-state index < -0.39 is 4.92 Å². The summed E-state index contributed by atoms with van der Waals surface area (Å²) in [7, 11) is 0. The molecule has 1 aliphatic rings. The molecule has 0 amide bonds. The first-order valence-corrected chi connectivity index (χ1v) is 10.7. The molecule has 1 saturated heterocycles. The third kappa shape index (κ3) is 4.81. The van der Waals surface area contributed by atoms with Gasteiger partial charge in [-0.1, -0.05) is 41.9 Å². The Hall–Kier alpha value is -3.25. The Morgan fingerprint density at radius 1 is 1.28 bits per heavy atom. The number of fused-ring (bicyclic) bond motifs is 1. The van der Waals surface area contributed by atoms with Crippen molar-refractivity contribution in [2.45, 2.75) is 12.5 Å². The molecule has 0 bridgehead atoms. The molecular weight excluding hydrogens is 430 g/mol. The number of benzene rings is 2. The summed E-state index contributed by atoms with van der Waals surface area (Å²) in [6.45, 7) is 4.05. The molecule has 1 aliphatic heterocycles. The van der Waals surface area contributed by atoms with Gasteiger partial charge in [-0.15, -0.1) is 0 Å². The second-order valence-corrected chi connectivity index (χ2v) is 8.00. The first kappa shape index (κ1) is 22.0. The molecule has 0 radical (unpaired) electrons. The highest BCUT2D eigenvalue weighted by Crippen LogP contribution is 2.36. The lowest BCUT2D eigenvalue weighted by atomic mass is 10.0. The fraction of sp³-hybridized carbons (Fsp3) is 0.304. The predicted molar refractivity (Wildman–Crippen MR) is 123 cm³/mol. The molecule has 0 spiro atoms. The lowest BCUT2D eigenvalue weighted by Crippen LogP contribution is -2.37.